The van der Waals surface area contributed by atoms with Gasteiger partial charge in [0.1, 0.15) is 5.58 Å². The minimum atomic E-state index is -0.343. The summed E-state index contributed by atoms with van der Waals surface area (Å²) < 4.78 is 7.56. The van der Waals surface area contributed by atoms with Crippen LogP contribution in [0.3, 0.4) is 0 Å². The average Bonchev–Trinajstić information content (AvgIpc) is 3.22. The molecule has 0 saturated carbocycles. The van der Waals surface area contributed by atoms with Crippen molar-refractivity contribution in [2.45, 2.75) is 31.3 Å². The molecule has 0 aliphatic carbocycles. The number of hydrogen-bond acceptors (Lipinski definition) is 6. The first-order chi connectivity index (χ1) is 16.1. The summed E-state index contributed by atoms with van der Waals surface area (Å²) in [4.78, 5) is 16.3. The Labute approximate surface area is 195 Å². The van der Waals surface area contributed by atoms with Gasteiger partial charge in [0, 0.05) is 35.2 Å². The Morgan fingerprint density at radius 1 is 0.939 bits per heavy atom. The molecule has 7 heteroatoms. The predicted molar refractivity (Wildman–Crippen MR) is 130 cm³/mol. The number of aryl methyl sites for hydroxylation is 2. The zero-order chi connectivity index (χ0) is 22.8. The highest BCUT2D eigenvalue weighted by Gasteiger charge is 2.16. The Kier molecular flexibility index (Phi) is 5.79. The molecule has 0 N–H and O–H groups in total. The highest BCUT2D eigenvalue weighted by molar-refractivity contribution is 7.98. The van der Waals surface area contributed by atoms with Crippen molar-refractivity contribution in [1.29, 1.82) is 0 Å². The van der Waals surface area contributed by atoms with Crippen molar-refractivity contribution in [1.82, 2.24) is 19.7 Å². The van der Waals surface area contributed by atoms with Gasteiger partial charge in [0.15, 0.2) is 11.0 Å². The van der Waals surface area contributed by atoms with Crippen LogP contribution in [0.15, 0.2) is 87.4 Å². The van der Waals surface area contributed by atoms with E-state index >= 15 is 0 Å². The highest BCUT2D eigenvalue weighted by atomic mass is 32.2. The number of nitrogens with zero attached hydrogens (tertiary/aromatic N) is 4. The van der Waals surface area contributed by atoms with E-state index in [1.807, 2.05) is 43.3 Å². The second kappa shape index (κ2) is 9.03. The molecule has 2 aromatic carbocycles. The second-order valence-corrected chi connectivity index (χ2v) is 8.87. The number of thioether (sulfide) groups is 1. The lowest BCUT2D eigenvalue weighted by molar-refractivity contribution is 0.559. The van der Waals surface area contributed by atoms with Crippen LogP contribution in [0.1, 0.15) is 22.3 Å². The molecule has 0 fully saturated rings. The van der Waals surface area contributed by atoms with Gasteiger partial charge in [0.25, 0.3) is 0 Å². The van der Waals surface area contributed by atoms with Gasteiger partial charge in [0.05, 0.1) is 6.54 Å². The maximum Gasteiger partial charge on any atom is 0.336 e. The van der Waals surface area contributed by atoms with Gasteiger partial charge in [-0.2, -0.15) is 0 Å². The Morgan fingerprint density at radius 2 is 1.70 bits per heavy atom. The quantitative estimate of drug-likeness (QED) is 0.252. The number of pyridine rings is 1. The molecule has 3 heterocycles. The van der Waals surface area contributed by atoms with Crippen molar-refractivity contribution in [3.8, 4) is 11.4 Å². The predicted octanol–water partition coefficient (Wildman–Crippen LogP) is 5.40. The normalized spacial score (nSPS) is 11.2. The van der Waals surface area contributed by atoms with Crippen LogP contribution in [0.25, 0.3) is 22.4 Å². The van der Waals surface area contributed by atoms with Gasteiger partial charge in [-0.15, -0.1) is 10.2 Å². The van der Waals surface area contributed by atoms with Crippen LogP contribution >= 0.6 is 11.8 Å². The van der Waals surface area contributed by atoms with E-state index in [0.29, 0.717) is 17.9 Å². The number of aromatic nitrogens is 4. The summed E-state index contributed by atoms with van der Waals surface area (Å²) in [6.07, 6.45) is 3.51. The highest BCUT2D eigenvalue weighted by Crippen LogP contribution is 2.30. The molecule has 0 bridgehead atoms. The van der Waals surface area contributed by atoms with Gasteiger partial charge in [-0.25, -0.2) is 4.79 Å². The SMILES string of the molecule is Cc1cc2oc(=O)cc(CSc3nnc(-c4ccncc4)n3Cc3ccccc3)c2cc1C. The molecule has 0 atom stereocenters. The molecule has 0 amide bonds. The molecule has 0 aliphatic rings. The van der Waals surface area contributed by atoms with Crippen LogP contribution in [-0.4, -0.2) is 19.7 Å². The van der Waals surface area contributed by atoms with Crippen LogP contribution < -0.4 is 5.63 Å². The Morgan fingerprint density at radius 3 is 2.48 bits per heavy atom. The standard InChI is InChI=1S/C26H22N4O2S/c1-17-12-22-21(14-24(31)32-23(22)13-18(17)2)16-33-26-29-28-25(20-8-10-27-11-9-20)30(26)15-19-6-4-3-5-7-19/h3-14H,15-16H2,1-2H3. The van der Waals surface area contributed by atoms with Crippen molar-refractivity contribution in [3.63, 3.8) is 0 Å². The number of fused-ring (bicyclic) bond motifs is 1. The third kappa shape index (κ3) is 4.45. The van der Waals surface area contributed by atoms with Crippen molar-refractivity contribution >= 4 is 22.7 Å². The largest absolute Gasteiger partial charge is 0.423 e. The molecule has 33 heavy (non-hydrogen) atoms. The fraction of sp³-hybridized carbons (Fsp3) is 0.154. The second-order valence-electron chi connectivity index (χ2n) is 7.93. The minimum Gasteiger partial charge on any atom is -0.423 e. The molecule has 0 unspecified atom stereocenters. The molecule has 164 valence electrons. The Hall–Kier alpha value is -3.71. The molecule has 6 nitrogen and oxygen atoms in total. The molecule has 0 saturated heterocycles. The summed E-state index contributed by atoms with van der Waals surface area (Å²) in [5, 5.41) is 10.7. The number of rotatable bonds is 6. The van der Waals surface area contributed by atoms with E-state index in [2.05, 4.69) is 44.9 Å². The maximum absolute atomic E-state index is 12.2. The van der Waals surface area contributed by atoms with E-state index in [1.54, 1.807) is 30.2 Å². The molecule has 3 aromatic heterocycles. The van der Waals surface area contributed by atoms with Gasteiger partial charge in [0.2, 0.25) is 0 Å². The third-order valence-corrected chi connectivity index (χ3v) is 6.66. The Balaban J connectivity index is 1.52. The van der Waals surface area contributed by atoms with Crippen LogP contribution in [-0.2, 0) is 12.3 Å². The van der Waals surface area contributed by atoms with Crippen molar-refractivity contribution in [2.24, 2.45) is 0 Å². The molecular formula is C26H22N4O2S. The fourth-order valence-electron chi connectivity index (χ4n) is 3.76. The molecule has 5 rings (SSSR count). The van der Waals surface area contributed by atoms with Crippen LogP contribution in [0, 0.1) is 13.8 Å². The first kappa shape index (κ1) is 21.2. The lowest BCUT2D eigenvalue weighted by Crippen LogP contribution is -2.05. The van der Waals surface area contributed by atoms with E-state index in [-0.39, 0.29) is 5.63 Å². The average molecular weight is 455 g/mol. The Bertz CT molecular complexity index is 1480. The minimum absolute atomic E-state index is 0.343. The van der Waals surface area contributed by atoms with E-state index < -0.39 is 0 Å². The van der Waals surface area contributed by atoms with Gasteiger partial charge in [-0.1, -0.05) is 42.1 Å². The molecule has 0 spiro atoms. The number of benzene rings is 2. The molecule has 0 aliphatic heterocycles. The molecule has 0 radical (unpaired) electrons. The first-order valence-electron chi connectivity index (χ1n) is 10.6. The van der Waals surface area contributed by atoms with Crippen LogP contribution in [0.5, 0.6) is 0 Å². The lowest BCUT2D eigenvalue weighted by Gasteiger charge is -2.11. The van der Waals surface area contributed by atoms with E-state index in [0.717, 1.165) is 44.2 Å². The number of hydrogen-bond donors (Lipinski definition) is 0. The van der Waals surface area contributed by atoms with Gasteiger partial charge < -0.3 is 4.42 Å². The fourth-order valence-corrected chi connectivity index (χ4v) is 4.69. The summed E-state index contributed by atoms with van der Waals surface area (Å²) in [6, 6.07) is 19.7. The topological polar surface area (TPSA) is 73.8 Å². The third-order valence-electron chi connectivity index (χ3n) is 5.64. The lowest BCUT2D eigenvalue weighted by atomic mass is 10.0. The smallest absolute Gasteiger partial charge is 0.336 e. The van der Waals surface area contributed by atoms with E-state index in [4.69, 9.17) is 4.42 Å². The summed E-state index contributed by atoms with van der Waals surface area (Å²) in [6.45, 7) is 4.72. The zero-order valence-electron chi connectivity index (χ0n) is 18.4. The van der Waals surface area contributed by atoms with Gasteiger partial charge >= 0.3 is 5.63 Å². The molecular weight excluding hydrogens is 432 g/mol. The van der Waals surface area contributed by atoms with E-state index in [1.165, 1.54) is 0 Å². The first-order valence-corrected chi connectivity index (χ1v) is 11.6. The van der Waals surface area contributed by atoms with Crippen LogP contribution in [0.2, 0.25) is 0 Å². The van der Waals surface area contributed by atoms with Crippen molar-refractivity contribution in [2.75, 3.05) is 0 Å². The summed E-state index contributed by atoms with van der Waals surface area (Å²) in [5.41, 5.74) is 5.57. The van der Waals surface area contributed by atoms with Crippen molar-refractivity contribution in [3.05, 3.63) is 106 Å². The molecule has 5 aromatic rings. The van der Waals surface area contributed by atoms with Crippen LogP contribution in [0.4, 0.5) is 0 Å². The van der Waals surface area contributed by atoms with Gasteiger partial charge in [-0.3, -0.25) is 9.55 Å². The monoisotopic (exact) mass is 454 g/mol. The maximum atomic E-state index is 12.2. The van der Waals surface area contributed by atoms with Crippen molar-refractivity contribution < 1.29 is 4.42 Å². The zero-order valence-corrected chi connectivity index (χ0v) is 19.2. The van der Waals surface area contributed by atoms with Gasteiger partial charge in [-0.05, 0) is 60.4 Å². The summed E-state index contributed by atoms with van der Waals surface area (Å²) in [5.74, 6) is 1.36. The summed E-state index contributed by atoms with van der Waals surface area (Å²) >= 11 is 1.56. The van der Waals surface area contributed by atoms with E-state index in [9.17, 15) is 4.79 Å². The summed E-state index contributed by atoms with van der Waals surface area (Å²) in [7, 11) is 0.